The standard InChI is InChI=1S/C30H37ClF2N2O3/c31-25-18-23(9-12-27(25)38-24-10-11-24)28(36)26(19-35-15-3-4-16-35)34-29(37)30(32,33)14-13-20-7-8-21-5-1-2-6-22(21)17-20/h7-9,12,17-18,24,26,28,36H,1-6,10-11,13-16,19H2,(H,34,37)/t26-,28-/m1/s1. The summed E-state index contributed by atoms with van der Waals surface area (Å²) < 4.78 is 35.9. The maximum atomic E-state index is 15.1. The number of nitrogens with one attached hydrogen (secondary N) is 1. The first-order chi connectivity index (χ1) is 18.3. The van der Waals surface area contributed by atoms with Gasteiger partial charge in [0, 0.05) is 13.0 Å². The Bertz CT molecular complexity index is 1130. The van der Waals surface area contributed by atoms with Gasteiger partial charge in [-0.2, -0.15) is 8.78 Å². The van der Waals surface area contributed by atoms with Gasteiger partial charge >= 0.3 is 5.92 Å². The van der Waals surface area contributed by atoms with Crippen LogP contribution in [0.3, 0.4) is 0 Å². The van der Waals surface area contributed by atoms with Crippen LogP contribution in [0, 0.1) is 0 Å². The van der Waals surface area contributed by atoms with Crippen LogP contribution in [0.15, 0.2) is 36.4 Å². The van der Waals surface area contributed by atoms with Crippen molar-refractivity contribution in [3.8, 4) is 5.75 Å². The monoisotopic (exact) mass is 546 g/mol. The summed E-state index contributed by atoms with van der Waals surface area (Å²) in [5.74, 6) is -4.36. The minimum absolute atomic E-state index is 0.116. The summed E-state index contributed by atoms with van der Waals surface area (Å²) in [4.78, 5) is 14.9. The normalized spacial score (nSPS) is 19.6. The molecule has 5 rings (SSSR count). The first-order valence-corrected chi connectivity index (χ1v) is 14.3. The van der Waals surface area contributed by atoms with Crippen LogP contribution in [0.4, 0.5) is 8.78 Å². The van der Waals surface area contributed by atoms with Crippen molar-refractivity contribution in [2.45, 2.75) is 88.4 Å². The molecule has 3 aliphatic rings. The molecular weight excluding hydrogens is 510 g/mol. The van der Waals surface area contributed by atoms with Gasteiger partial charge in [0.1, 0.15) is 11.9 Å². The summed E-state index contributed by atoms with van der Waals surface area (Å²) in [6, 6.07) is 10.0. The van der Waals surface area contributed by atoms with E-state index in [0.717, 1.165) is 63.6 Å². The highest BCUT2D eigenvalue weighted by molar-refractivity contribution is 6.32. The molecule has 2 aromatic rings. The van der Waals surface area contributed by atoms with Crippen molar-refractivity contribution in [1.29, 1.82) is 0 Å². The third-order valence-electron chi connectivity index (χ3n) is 7.94. The molecule has 1 saturated carbocycles. The van der Waals surface area contributed by atoms with Gasteiger partial charge in [-0.15, -0.1) is 0 Å². The number of amides is 1. The van der Waals surface area contributed by atoms with E-state index in [1.807, 2.05) is 18.2 Å². The summed E-state index contributed by atoms with van der Waals surface area (Å²) in [5, 5.41) is 14.0. The molecule has 2 aromatic carbocycles. The van der Waals surface area contributed by atoms with Crippen LogP contribution in [0.5, 0.6) is 5.75 Å². The van der Waals surface area contributed by atoms with Crippen molar-refractivity contribution >= 4 is 17.5 Å². The summed E-state index contributed by atoms with van der Waals surface area (Å²) in [7, 11) is 0. The van der Waals surface area contributed by atoms with Crippen LogP contribution < -0.4 is 10.1 Å². The molecule has 0 spiro atoms. The lowest BCUT2D eigenvalue weighted by Crippen LogP contribution is -2.51. The van der Waals surface area contributed by atoms with Crippen molar-refractivity contribution in [1.82, 2.24) is 10.2 Å². The molecule has 1 heterocycles. The van der Waals surface area contributed by atoms with Crippen molar-refractivity contribution in [3.05, 3.63) is 63.7 Å². The first kappa shape index (κ1) is 27.4. The maximum absolute atomic E-state index is 15.1. The number of hydrogen-bond acceptors (Lipinski definition) is 4. The smallest absolute Gasteiger partial charge is 0.324 e. The quantitative estimate of drug-likeness (QED) is 0.383. The van der Waals surface area contributed by atoms with Crippen LogP contribution in [0.2, 0.25) is 5.02 Å². The molecular formula is C30H37ClF2N2O3. The van der Waals surface area contributed by atoms with E-state index < -0.39 is 30.4 Å². The number of halogens is 3. The SMILES string of the molecule is O=C(N[C@H](CN1CCCC1)[C@H](O)c1ccc(OC2CC2)c(Cl)c1)C(F)(F)CCc1ccc2c(c1)CCCC2. The zero-order valence-electron chi connectivity index (χ0n) is 21.7. The van der Waals surface area contributed by atoms with Gasteiger partial charge in [0.25, 0.3) is 5.91 Å². The van der Waals surface area contributed by atoms with Crippen LogP contribution in [-0.2, 0) is 24.1 Å². The number of likely N-dealkylation sites (tertiary alicyclic amines) is 1. The summed E-state index contributed by atoms with van der Waals surface area (Å²) in [6.45, 7) is 1.90. The average Bonchev–Trinajstić information content (AvgIpc) is 3.59. The van der Waals surface area contributed by atoms with Gasteiger partial charge in [0.2, 0.25) is 0 Å². The van der Waals surface area contributed by atoms with E-state index in [4.69, 9.17) is 16.3 Å². The highest BCUT2D eigenvalue weighted by atomic mass is 35.5. The second kappa shape index (κ2) is 11.9. The number of fused-ring (bicyclic) bond motifs is 1. The number of carbonyl (C=O) groups excluding carboxylic acids is 1. The van der Waals surface area contributed by atoms with Crippen molar-refractivity contribution in [3.63, 3.8) is 0 Å². The van der Waals surface area contributed by atoms with E-state index in [0.29, 0.717) is 16.3 Å². The molecule has 1 aliphatic heterocycles. The zero-order chi connectivity index (χ0) is 26.7. The van der Waals surface area contributed by atoms with Crippen molar-refractivity contribution in [2.75, 3.05) is 19.6 Å². The molecule has 2 atom stereocenters. The van der Waals surface area contributed by atoms with Crippen LogP contribution in [0.25, 0.3) is 0 Å². The summed E-state index contributed by atoms with van der Waals surface area (Å²) in [5.41, 5.74) is 3.83. The third-order valence-corrected chi connectivity index (χ3v) is 8.23. The number of carbonyl (C=O) groups is 1. The Hall–Kier alpha value is -2.22. The number of ether oxygens (including phenoxy) is 1. The predicted molar refractivity (Wildman–Crippen MR) is 144 cm³/mol. The van der Waals surface area contributed by atoms with Crippen molar-refractivity contribution in [2.24, 2.45) is 0 Å². The molecule has 0 bridgehead atoms. The van der Waals surface area contributed by atoms with Gasteiger partial charge < -0.3 is 20.1 Å². The fourth-order valence-electron chi connectivity index (χ4n) is 5.49. The Labute approximate surface area is 228 Å². The fraction of sp³-hybridized carbons (Fsp3) is 0.567. The molecule has 38 heavy (non-hydrogen) atoms. The molecule has 2 fully saturated rings. The molecule has 0 radical (unpaired) electrons. The number of hydrogen-bond donors (Lipinski definition) is 2. The Kier molecular flexibility index (Phi) is 8.56. The molecule has 206 valence electrons. The second-order valence-corrected chi connectivity index (χ2v) is 11.5. The van der Waals surface area contributed by atoms with Gasteiger partial charge in [-0.1, -0.05) is 35.9 Å². The number of benzene rings is 2. The summed E-state index contributed by atoms with van der Waals surface area (Å²) >= 11 is 6.39. The largest absolute Gasteiger partial charge is 0.489 e. The molecule has 2 aliphatic carbocycles. The van der Waals surface area contributed by atoms with E-state index in [1.54, 1.807) is 18.2 Å². The second-order valence-electron chi connectivity index (χ2n) is 11.1. The molecule has 2 N–H and O–H groups in total. The van der Waals surface area contributed by atoms with Crippen LogP contribution in [-0.4, -0.2) is 53.6 Å². The number of nitrogens with zero attached hydrogens (tertiary/aromatic N) is 1. The van der Waals surface area contributed by atoms with E-state index in [9.17, 15) is 9.90 Å². The number of aryl methyl sites for hydroxylation is 3. The lowest BCUT2D eigenvalue weighted by atomic mass is 9.89. The topological polar surface area (TPSA) is 61.8 Å². The number of rotatable bonds is 11. The highest BCUT2D eigenvalue weighted by Gasteiger charge is 2.41. The Morgan fingerprint density at radius 2 is 1.82 bits per heavy atom. The molecule has 1 saturated heterocycles. The Balaban J connectivity index is 1.25. The van der Waals surface area contributed by atoms with E-state index in [2.05, 4.69) is 10.2 Å². The Morgan fingerprint density at radius 3 is 2.53 bits per heavy atom. The van der Waals surface area contributed by atoms with Gasteiger partial charge in [0.05, 0.1) is 17.2 Å². The minimum Gasteiger partial charge on any atom is -0.489 e. The molecule has 1 amide bonds. The minimum atomic E-state index is -3.56. The van der Waals surface area contributed by atoms with E-state index in [1.165, 1.54) is 17.5 Å². The zero-order valence-corrected chi connectivity index (χ0v) is 22.5. The van der Waals surface area contributed by atoms with Gasteiger partial charge in [-0.3, -0.25) is 4.79 Å². The number of aliphatic hydroxyl groups excluding tert-OH is 1. The molecule has 0 unspecified atom stereocenters. The van der Waals surface area contributed by atoms with Gasteiger partial charge in [0.15, 0.2) is 0 Å². The van der Waals surface area contributed by atoms with Crippen LogP contribution in [0.1, 0.15) is 73.3 Å². The Morgan fingerprint density at radius 1 is 1.08 bits per heavy atom. The lowest BCUT2D eigenvalue weighted by molar-refractivity contribution is -0.148. The van der Waals surface area contributed by atoms with Gasteiger partial charge in [-0.25, -0.2) is 0 Å². The fourth-order valence-corrected chi connectivity index (χ4v) is 5.73. The number of aliphatic hydroxyl groups is 1. The highest BCUT2D eigenvalue weighted by Crippen LogP contribution is 2.34. The maximum Gasteiger partial charge on any atom is 0.324 e. The summed E-state index contributed by atoms with van der Waals surface area (Å²) in [6.07, 6.45) is 6.82. The molecule has 5 nitrogen and oxygen atoms in total. The average molecular weight is 547 g/mol. The molecule has 0 aromatic heterocycles. The van der Waals surface area contributed by atoms with Crippen molar-refractivity contribution < 1.29 is 23.4 Å². The lowest BCUT2D eigenvalue weighted by Gasteiger charge is -2.30. The predicted octanol–water partition coefficient (Wildman–Crippen LogP) is 5.64. The van der Waals surface area contributed by atoms with Crippen LogP contribution >= 0.6 is 11.6 Å². The number of alkyl halides is 2. The van der Waals surface area contributed by atoms with E-state index >= 15 is 8.78 Å². The van der Waals surface area contributed by atoms with E-state index in [-0.39, 0.29) is 19.1 Å². The first-order valence-electron chi connectivity index (χ1n) is 13.9. The molecule has 8 heteroatoms. The third kappa shape index (κ3) is 6.85. The van der Waals surface area contributed by atoms with Gasteiger partial charge in [-0.05, 0) is 105 Å².